The fraction of sp³-hybridized carbons (Fsp3) is 0.267. The van der Waals surface area contributed by atoms with Crippen molar-refractivity contribution in [3.63, 3.8) is 0 Å². The van der Waals surface area contributed by atoms with Crippen LogP contribution >= 0.6 is 15.9 Å². The molecule has 1 aromatic heterocycles. The van der Waals surface area contributed by atoms with Gasteiger partial charge in [-0.15, -0.1) is 0 Å². The molecule has 0 saturated carbocycles. The normalized spacial score (nSPS) is 12.4. The second kappa shape index (κ2) is 6.78. The average molecular weight is 323 g/mol. The Hall–Kier alpha value is -1.26. The third kappa shape index (κ3) is 4.40. The van der Waals surface area contributed by atoms with Crippen molar-refractivity contribution in [1.82, 2.24) is 4.98 Å². The van der Waals surface area contributed by atoms with Crippen molar-refractivity contribution >= 4 is 15.9 Å². The van der Waals surface area contributed by atoms with Gasteiger partial charge in [0.2, 0.25) is 0 Å². The number of nitrogens with two attached hydrogens (primary N) is 1. The monoisotopic (exact) mass is 322 g/mol. The van der Waals surface area contributed by atoms with Crippen LogP contribution in [0, 0.1) is 5.82 Å². The number of halogens is 2. The lowest BCUT2D eigenvalue weighted by Gasteiger charge is -2.12. The minimum Gasteiger partial charge on any atom is -0.327 e. The van der Waals surface area contributed by atoms with Crippen LogP contribution in [-0.2, 0) is 12.8 Å². The number of benzene rings is 1. The largest absolute Gasteiger partial charge is 0.327 e. The lowest BCUT2D eigenvalue weighted by molar-refractivity contribution is 0.565. The first-order valence-corrected chi connectivity index (χ1v) is 7.03. The number of rotatable bonds is 5. The molecule has 0 radical (unpaired) electrons. The van der Waals surface area contributed by atoms with Gasteiger partial charge in [-0.25, -0.2) is 4.39 Å². The highest BCUT2D eigenvalue weighted by Crippen LogP contribution is 2.17. The van der Waals surface area contributed by atoms with Gasteiger partial charge < -0.3 is 5.73 Å². The molecule has 2 rings (SSSR count). The van der Waals surface area contributed by atoms with Gasteiger partial charge in [0.05, 0.1) is 0 Å². The van der Waals surface area contributed by atoms with Gasteiger partial charge in [-0.1, -0.05) is 22.0 Å². The molecule has 0 amide bonds. The molecule has 4 heteroatoms. The quantitative estimate of drug-likeness (QED) is 0.915. The highest BCUT2D eigenvalue weighted by molar-refractivity contribution is 9.10. The first-order chi connectivity index (χ1) is 9.15. The molecule has 100 valence electrons. The molecule has 0 aliphatic carbocycles. The molecule has 1 heterocycles. The summed E-state index contributed by atoms with van der Waals surface area (Å²) in [5.41, 5.74) is 7.95. The maximum atomic E-state index is 13.7. The van der Waals surface area contributed by atoms with E-state index in [0.717, 1.165) is 17.3 Å². The second-order valence-electron chi connectivity index (χ2n) is 4.59. The van der Waals surface area contributed by atoms with Crippen LogP contribution in [0.4, 0.5) is 4.39 Å². The van der Waals surface area contributed by atoms with Crippen LogP contribution in [0.25, 0.3) is 0 Å². The Balaban J connectivity index is 1.89. The van der Waals surface area contributed by atoms with Crippen LogP contribution in [0.1, 0.15) is 17.5 Å². The predicted molar refractivity (Wildman–Crippen MR) is 78.3 cm³/mol. The molecule has 1 aromatic carbocycles. The zero-order chi connectivity index (χ0) is 13.7. The van der Waals surface area contributed by atoms with Gasteiger partial charge in [0.15, 0.2) is 0 Å². The van der Waals surface area contributed by atoms with Crippen LogP contribution in [0.2, 0.25) is 0 Å². The Morgan fingerprint density at radius 2 is 1.95 bits per heavy atom. The first kappa shape index (κ1) is 14.2. The van der Waals surface area contributed by atoms with Crippen molar-refractivity contribution in [1.29, 1.82) is 0 Å². The summed E-state index contributed by atoms with van der Waals surface area (Å²) in [6, 6.07) is 9.02. The zero-order valence-electron chi connectivity index (χ0n) is 10.5. The fourth-order valence-corrected chi connectivity index (χ4v) is 2.31. The topological polar surface area (TPSA) is 38.9 Å². The molecule has 2 N–H and O–H groups in total. The molecule has 0 saturated heterocycles. The first-order valence-electron chi connectivity index (χ1n) is 6.23. The van der Waals surface area contributed by atoms with Crippen molar-refractivity contribution in [2.24, 2.45) is 5.73 Å². The number of nitrogens with zero attached hydrogens (tertiary/aromatic N) is 1. The lowest BCUT2D eigenvalue weighted by atomic mass is 10.00. The van der Waals surface area contributed by atoms with E-state index in [9.17, 15) is 4.39 Å². The Labute approximate surface area is 121 Å². The summed E-state index contributed by atoms with van der Waals surface area (Å²) in [6.07, 6.45) is 5.83. The zero-order valence-corrected chi connectivity index (χ0v) is 12.1. The second-order valence-corrected chi connectivity index (χ2v) is 5.51. The van der Waals surface area contributed by atoms with Crippen LogP contribution in [0.5, 0.6) is 0 Å². The summed E-state index contributed by atoms with van der Waals surface area (Å²) < 4.78 is 14.4. The minimum absolute atomic E-state index is 0.0381. The van der Waals surface area contributed by atoms with Crippen molar-refractivity contribution in [3.05, 3.63) is 64.1 Å². The van der Waals surface area contributed by atoms with E-state index in [0.29, 0.717) is 12.0 Å². The highest BCUT2D eigenvalue weighted by Gasteiger charge is 2.09. The molecule has 2 nitrogen and oxygen atoms in total. The Morgan fingerprint density at radius 1 is 1.21 bits per heavy atom. The van der Waals surface area contributed by atoms with Gasteiger partial charge in [-0.3, -0.25) is 4.98 Å². The summed E-state index contributed by atoms with van der Waals surface area (Å²) in [7, 11) is 0. The van der Waals surface area contributed by atoms with Gasteiger partial charge >= 0.3 is 0 Å². The van der Waals surface area contributed by atoms with E-state index >= 15 is 0 Å². The summed E-state index contributed by atoms with van der Waals surface area (Å²) in [5.74, 6) is -0.200. The molecule has 0 aliphatic heterocycles. The summed E-state index contributed by atoms with van der Waals surface area (Å²) >= 11 is 3.25. The molecule has 19 heavy (non-hydrogen) atoms. The minimum atomic E-state index is -0.200. The van der Waals surface area contributed by atoms with E-state index in [1.54, 1.807) is 18.5 Å². The van der Waals surface area contributed by atoms with Crippen molar-refractivity contribution in [3.8, 4) is 0 Å². The van der Waals surface area contributed by atoms with Crippen LogP contribution in [-0.4, -0.2) is 11.0 Å². The van der Waals surface area contributed by atoms with Crippen molar-refractivity contribution in [2.75, 3.05) is 0 Å². The number of hydrogen-bond acceptors (Lipinski definition) is 2. The van der Waals surface area contributed by atoms with Crippen LogP contribution in [0.15, 0.2) is 47.2 Å². The maximum Gasteiger partial charge on any atom is 0.127 e. The lowest BCUT2D eigenvalue weighted by Crippen LogP contribution is -2.24. The maximum absolute atomic E-state index is 13.7. The van der Waals surface area contributed by atoms with E-state index in [1.807, 2.05) is 18.2 Å². The number of hydrogen-bond donors (Lipinski definition) is 1. The smallest absolute Gasteiger partial charge is 0.127 e. The Kier molecular flexibility index (Phi) is 5.05. The molecule has 0 fully saturated rings. The van der Waals surface area contributed by atoms with E-state index in [1.165, 1.54) is 11.6 Å². The standard InChI is InChI=1S/C15H16BrFN2/c16-13-3-2-12(15(17)10-13)9-14(18)4-1-11-5-7-19-8-6-11/h2-3,5-8,10,14H,1,4,9,18H2. The van der Waals surface area contributed by atoms with E-state index in [2.05, 4.69) is 20.9 Å². The molecule has 0 spiro atoms. The summed E-state index contributed by atoms with van der Waals surface area (Å²) in [5, 5.41) is 0. The summed E-state index contributed by atoms with van der Waals surface area (Å²) in [6.45, 7) is 0. The molecule has 0 bridgehead atoms. The fourth-order valence-electron chi connectivity index (χ4n) is 1.97. The van der Waals surface area contributed by atoms with Gasteiger partial charge in [-0.2, -0.15) is 0 Å². The van der Waals surface area contributed by atoms with Gasteiger partial charge in [0.25, 0.3) is 0 Å². The third-order valence-corrected chi connectivity index (χ3v) is 3.54. The molecule has 0 aliphatic rings. The van der Waals surface area contributed by atoms with Gasteiger partial charge in [0, 0.05) is 22.9 Å². The molecule has 1 unspecified atom stereocenters. The van der Waals surface area contributed by atoms with E-state index in [4.69, 9.17) is 5.73 Å². The molecular weight excluding hydrogens is 307 g/mol. The number of aryl methyl sites for hydroxylation is 1. The third-order valence-electron chi connectivity index (χ3n) is 3.05. The predicted octanol–water partition coefficient (Wildman–Crippen LogP) is 3.49. The van der Waals surface area contributed by atoms with Crippen LogP contribution < -0.4 is 5.73 Å². The Bertz CT molecular complexity index is 531. The van der Waals surface area contributed by atoms with E-state index < -0.39 is 0 Å². The molecule has 2 aromatic rings. The van der Waals surface area contributed by atoms with Crippen molar-refractivity contribution in [2.45, 2.75) is 25.3 Å². The highest BCUT2D eigenvalue weighted by atomic mass is 79.9. The number of pyridine rings is 1. The molecule has 1 atom stereocenters. The van der Waals surface area contributed by atoms with Crippen molar-refractivity contribution < 1.29 is 4.39 Å². The van der Waals surface area contributed by atoms with Gasteiger partial charge in [-0.05, 0) is 54.7 Å². The average Bonchev–Trinajstić information content (AvgIpc) is 2.41. The SMILES string of the molecule is NC(CCc1ccncc1)Cc1ccc(Br)cc1F. The van der Waals surface area contributed by atoms with Crippen LogP contribution in [0.3, 0.4) is 0 Å². The Morgan fingerprint density at radius 3 is 2.63 bits per heavy atom. The number of aromatic nitrogens is 1. The van der Waals surface area contributed by atoms with Gasteiger partial charge in [0.1, 0.15) is 5.82 Å². The molecular formula is C15H16BrFN2. The summed E-state index contributed by atoms with van der Waals surface area (Å²) in [4.78, 5) is 3.97. The van der Waals surface area contributed by atoms with E-state index in [-0.39, 0.29) is 11.9 Å².